The molecule has 2 aliphatic rings. The highest BCUT2D eigenvalue weighted by atomic mass is 32.2. The quantitative estimate of drug-likeness (QED) is 0.642. The van der Waals surface area contributed by atoms with Gasteiger partial charge in [-0.1, -0.05) is 0 Å². The first-order valence-electron chi connectivity index (χ1n) is 7.44. The first-order valence-corrected chi connectivity index (χ1v) is 10.2. The number of carboxylic acids is 1. The van der Waals surface area contributed by atoms with Crippen LogP contribution in [0.25, 0.3) is 0 Å². The molecule has 1 amide bonds. The zero-order valence-electron chi connectivity index (χ0n) is 12.7. The van der Waals surface area contributed by atoms with E-state index in [1.807, 2.05) is 0 Å². The fourth-order valence-electron chi connectivity index (χ4n) is 2.88. The number of aryl methyl sites for hydroxylation is 1. The number of carboxylic acid groups (broad SMARTS) is 1. The first kappa shape index (κ1) is 16.4. The number of anilines is 1. The van der Waals surface area contributed by atoms with E-state index < -0.39 is 15.9 Å². The molecule has 0 spiro atoms. The minimum Gasteiger partial charge on any atom is -0.478 e. The van der Waals surface area contributed by atoms with Crippen molar-refractivity contribution in [1.29, 1.82) is 4.78 Å². The zero-order chi connectivity index (χ0) is 16.8. The number of aromatic carboxylic acids is 1. The van der Waals surface area contributed by atoms with E-state index in [1.165, 1.54) is 17.6 Å². The monoisotopic (exact) mass is 357 g/mol. The van der Waals surface area contributed by atoms with Gasteiger partial charge in [0, 0.05) is 23.1 Å². The number of amides is 1. The van der Waals surface area contributed by atoms with Gasteiger partial charge in [-0.05, 0) is 37.7 Å². The molecular formula is C14H19N3O4S2. The van der Waals surface area contributed by atoms with Crippen LogP contribution in [0.4, 0.5) is 5.00 Å². The lowest BCUT2D eigenvalue weighted by atomic mass is 9.92. The molecule has 0 aromatic carbocycles. The largest absolute Gasteiger partial charge is 0.478 e. The van der Waals surface area contributed by atoms with Crippen LogP contribution in [0.15, 0.2) is 0 Å². The molecule has 0 saturated heterocycles. The van der Waals surface area contributed by atoms with Crippen molar-refractivity contribution >= 4 is 38.1 Å². The summed E-state index contributed by atoms with van der Waals surface area (Å²) >= 11 is 1.33. The molecule has 126 valence electrons. The van der Waals surface area contributed by atoms with Gasteiger partial charge in [0.15, 0.2) is 0 Å². The van der Waals surface area contributed by atoms with Gasteiger partial charge < -0.3 is 10.4 Å². The Morgan fingerprint density at radius 3 is 2.61 bits per heavy atom. The van der Waals surface area contributed by atoms with Crippen molar-refractivity contribution in [2.45, 2.75) is 38.1 Å². The third kappa shape index (κ3) is 3.73. The molecule has 2 aliphatic carbocycles. The van der Waals surface area contributed by atoms with Crippen LogP contribution in [0.5, 0.6) is 0 Å². The second-order valence-corrected chi connectivity index (χ2v) is 9.21. The van der Waals surface area contributed by atoms with E-state index in [9.17, 15) is 18.9 Å². The number of nitrogens with one attached hydrogen (secondary N) is 3. The van der Waals surface area contributed by atoms with Gasteiger partial charge in [0.1, 0.15) is 14.9 Å². The number of fused-ring (bicyclic) bond motifs is 1. The van der Waals surface area contributed by atoms with Gasteiger partial charge in [-0.2, -0.15) is 0 Å². The second kappa shape index (κ2) is 5.88. The first-order chi connectivity index (χ1) is 10.7. The van der Waals surface area contributed by atoms with E-state index >= 15 is 0 Å². The lowest BCUT2D eigenvalue weighted by Gasteiger charge is -2.23. The summed E-state index contributed by atoms with van der Waals surface area (Å²) in [4.78, 5) is 24.6. The number of hydrogen-bond acceptors (Lipinski definition) is 5. The summed E-state index contributed by atoms with van der Waals surface area (Å²) in [6, 6.07) is -0.183. The Bertz CT molecular complexity index is 765. The summed E-state index contributed by atoms with van der Waals surface area (Å²) in [7, 11) is -2.84. The van der Waals surface area contributed by atoms with Crippen molar-refractivity contribution in [3.63, 3.8) is 0 Å². The van der Waals surface area contributed by atoms with E-state index in [0.29, 0.717) is 29.8 Å². The number of hydrogen-bond donors (Lipinski definition) is 4. The predicted octanol–water partition coefficient (Wildman–Crippen LogP) is 1.83. The molecule has 2 unspecified atom stereocenters. The average molecular weight is 357 g/mol. The molecule has 1 heterocycles. The Kier molecular flexibility index (Phi) is 4.19. The van der Waals surface area contributed by atoms with Gasteiger partial charge in [-0.3, -0.25) is 4.79 Å². The van der Waals surface area contributed by atoms with Crippen LogP contribution in [0.1, 0.15) is 40.1 Å². The predicted molar refractivity (Wildman–Crippen MR) is 88.4 cm³/mol. The third-order valence-corrected chi connectivity index (χ3v) is 6.04. The topological polar surface area (TPSA) is 119 Å². The van der Waals surface area contributed by atoms with E-state index in [0.717, 1.165) is 17.7 Å². The van der Waals surface area contributed by atoms with Crippen molar-refractivity contribution in [3.05, 3.63) is 16.0 Å². The maximum Gasteiger partial charge on any atom is 0.339 e. The van der Waals surface area contributed by atoms with Crippen LogP contribution >= 0.6 is 11.3 Å². The van der Waals surface area contributed by atoms with Crippen LogP contribution in [-0.2, 0) is 27.6 Å². The minimum atomic E-state index is -2.84. The lowest BCUT2D eigenvalue weighted by molar-refractivity contribution is -0.117. The summed E-state index contributed by atoms with van der Waals surface area (Å²) in [5.74, 6) is -1.15. The van der Waals surface area contributed by atoms with E-state index in [1.54, 1.807) is 0 Å². The van der Waals surface area contributed by atoms with Crippen LogP contribution in [0, 0.1) is 10.7 Å². The summed E-state index contributed by atoms with van der Waals surface area (Å²) in [5.41, 5.74) is 0.846. The molecule has 1 aromatic rings. The Morgan fingerprint density at radius 1 is 1.35 bits per heavy atom. The van der Waals surface area contributed by atoms with Crippen LogP contribution in [0.3, 0.4) is 0 Å². The highest BCUT2D eigenvalue weighted by Gasteiger charge is 2.34. The number of carbonyl (C=O) groups excluding carboxylic acids is 1. The lowest BCUT2D eigenvalue weighted by Crippen LogP contribution is -2.37. The Labute approximate surface area is 138 Å². The highest BCUT2D eigenvalue weighted by Crippen LogP contribution is 2.39. The Morgan fingerprint density at radius 2 is 2.04 bits per heavy atom. The molecule has 23 heavy (non-hydrogen) atoms. The van der Waals surface area contributed by atoms with Gasteiger partial charge in [-0.25, -0.2) is 18.5 Å². The molecule has 3 rings (SSSR count). The molecule has 1 fully saturated rings. The third-order valence-electron chi connectivity index (χ3n) is 4.05. The van der Waals surface area contributed by atoms with Crippen LogP contribution in [-0.4, -0.2) is 33.5 Å². The zero-order valence-corrected chi connectivity index (χ0v) is 14.3. The van der Waals surface area contributed by atoms with Crippen molar-refractivity contribution in [1.82, 2.24) is 4.72 Å². The summed E-state index contributed by atoms with van der Waals surface area (Å²) in [6.07, 6.45) is 4.81. The standard InChI is InChI=1S/C14H19N3O4S2/c1-23(15,21)17-8-4-5-10-9(6-8)11(14(19)20)13(22-10)16-12(18)7-2-3-7/h7-8H,2-6H2,1H3,(H,16,18)(H,19,20)(H2,15,17,21). The minimum absolute atomic E-state index is 0.0123. The molecule has 0 aliphatic heterocycles. The Hall–Kier alpha value is -1.45. The smallest absolute Gasteiger partial charge is 0.339 e. The van der Waals surface area contributed by atoms with Gasteiger partial charge in [0.2, 0.25) is 5.91 Å². The van der Waals surface area contributed by atoms with Crippen molar-refractivity contribution in [2.75, 3.05) is 11.6 Å². The fraction of sp³-hybridized carbons (Fsp3) is 0.571. The maximum absolute atomic E-state index is 11.9. The maximum atomic E-state index is 11.9. The van der Waals surface area contributed by atoms with Gasteiger partial charge in [-0.15, -0.1) is 11.3 Å². The Balaban J connectivity index is 1.87. The molecule has 7 nitrogen and oxygen atoms in total. The summed E-state index contributed by atoms with van der Waals surface area (Å²) in [5, 5.41) is 12.7. The number of carbonyl (C=O) groups is 2. The fourth-order valence-corrected chi connectivity index (χ4v) is 4.95. The van der Waals surface area contributed by atoms with Gasteiger partial charge in [0.05, 0.1) is 5.56 Å². The molecule has 1 aromatic heterocycles. The van der Waals surface area contributed by atoms with E-state index in [4.69, 9.17) is 4.78 Å². The second-order valence-electron chi connectivity index (χ2n) is 6.18. The highest BCUT2D eigenvalue weighted by molar-refractivity contribution is 7.89. The molecule has 1 saturated carbocycles. The summed E-state index contributed by atoms with van der Waals surface area (Å²) in [6.45, 7) is 0. The number of thiophene rings is 1. The summed E-state index contributed by atoms with van der Waals surface area (Å²) < 4.78 is 21.9. The van der Waals surface area contributed by atoms with E-state index in [-0.39, 0.29) is 23.4 Å². The molecule has 9 heteroatoms. The average Bonchev–Trinajstić information content (AvgIpc) is 3.19. The van der Waals surface area contributed by atoms with E-state index in [2.05, 4.69) is 10.0 Å². The van der Waals surface area contributed by atoms with Gasteiger partial charge in [0.25, 0.3) is 0 Å². The van der Waals surface area contributed by atoms with Crippen molar-refractivity contribution in [2.24, 2.45) is 5.92 Å². The van der Waals surface area contributed by atoms with Gasteiger partial charge >= 0.3 is 5.97 Å². The van der Waals surface area contributed by atoms with Crippen LogP contribution < -0.4 is 10.0 Å². The SMILES string of the molecule is CS(=N)(=O)NC1CCc2sc(NC(=O)C3CC3)c(C(=O)O)c2C1. The normalized spacial score (nSPS) is 22.9. The molecule has 4 N–H and O–H groups in total. The molecular weight excluding hydrogens is 338 g/mol. The molecule has 0 bridgehead atoms. The number of rotatable bonds is 5. The molecule has 2 atom stereocenters. The van der Waals surface area contributed by atoms with Crippen molar-refractivity contribution in [3.8, 4) is 0 Å². The molecule has 0 radical (unpaired) electrons. The van der Waals surface area contributed by atoms with Crippen LogP contribution in [0.2, 0.25) is 0 Å². The van der Waals surface area contributed by atoms with Crippen molar-refractivity contribution < 1.29 is 18.9 Å².